The lowest BCUT2D eigenvalue weighted by Crippen LogP contribution is -2.09. The van der Waals surface area contributed by atoms with Crippen LogP contribution in [0.1, 0.15) is 23.5 Å². The molecule has 0 aliphatic heterocycles. The molecule has 0 saturated carbocycles. The lowest BCUT2D eigenvalue weighted by Gasteiger charge is -2.07. The smallest absolute Gasteiger partial charge is 0.162 e. The van der Waals surface area contributed by atoms with Crippen LogP contribution in [-0.2, 0) is 4.74 Å². The quantitative estimate of drug-likeness (QED) is 0.848. The SMILES string of the molecule is CC(C)Nc1cc(-c2ccc(F)cc2)sc1C=O.COC. The van der Waals surface area contributed by atoms with E-state index in [1.165, 1.54) is 23.5 Å². The van der Waals surface area contributed by atoms with Gasteiger partial charge in [0.15, 0.2) is 6.29 Å². The van der Waals surface area contributed by atoms with Crippen LogP contribution in [0.3, 0.4) is 0 Å². The molecule has 0 atom stereocenters. The molecule has 2 rings (SSSR count). The first-order valence-corrected chi connectivity index (χ1v) is 7.35. The normalized spacial score (nSPS) is 10.0. The Hall–Kier alpha value is -1.72. The van der Waals surface area contributed by atoms with Crippen LogP contribution in [0.2, 0.25) is 0 Å². The minimum atomic E-state index is -0.258. The van der Waals surface area contributed by atoms with E-state index in [4.69, 9.17) is 0 Å². The molecule has 0 bridgehead atoms. The van der Waals surface area contributed by atoms with Crippen LogP contribution in [0.5, 0.6) is 0 Å². The molecule has 1 aromatic carbocycles. The van der Waals surface area contributed by atoms with E-state index in [2.05, 4.69) is 10.1 Å². The monoisotopic (exact) mass is 309 g/mol. The zero-order chi connectivity index (χ0) is 15.8. The van der Waals surface area contributed by atoms with Crippen molar-refractivity contribution in [2.75, 3.05) is 19.5 Å². The van der Waals surface area contributed by atoms with E-state index in [9.17, 15) is 9.18 Å². The van der Waals surface area contributed by atoms with Gasteiger partial charge in [-0.1, -0.05) is 12.1 Å². The molecule has 1 N–H and O–H groups in total. The van der Waals surface area contributed by atoms with Gasteiger partial charge in [0.2, 0.25) is 0 Å². The minimum absolute atomic E-state index is 0.258. The number of carbonyl (C=O) groups is 1. The number of anilines is 1. The molecular formula is C16H20FNO2S. The number of nitrogens with one attached hydrogen (secondary N) is 1. The fourth-order valence-corrected chi connectivity index (χ4v) is 2.62. The number of halogens is 1. The highest BCUT2D eigenvalue weighted by Gasteiger charge is 2.10. The number of hydrogen-bond acceptors (Lipinski definition) is 4. The molecule has 0 aliphatic rings. The van der Waals surface area contributed by atoms with E-state index in [0.29, 0.717) is 4.88 Å². The van der Waals surface area contributed by atoms with Crippen molar-refractivity contribution in [1.82, 2.24) is 0 Å². The van der Waals surface area contributed by atoms with Gasteiger partial charge in [-0.2, -0.15) is 0 Å². The molecule has 3 nitrogen and oxygen atoms in total. The summed E-state index contributed by atoms with van der Waals surface area (Å²) in [6.07, 6.45) is 0.850. The fourth-order valence-electron chi connectivity index (χ4n) is 1.67. The predicted molar refractivity (Wildman–Crippen MR) is 86.8 cm³/mol. The van der Waals surface area contributed by atoms with Gasteiger partial charge in [-0.25, -0.2) is 4.39 Å². The number of thiophene rings is 1. The lowest BCUT2D eigenvalue weighted by molar-refractivity contribution is 0.112. The molecule has 21 heavy (non-hydrogen) atoms. The maximum Gasteiger partial charge on any atom is 0.162 e. The third kappa shape index (κ3) is 5.28. The van der Waals surface area contributed by atoms with E-state index < -0.39 is 0 Å². The second kappa shape index (κ2) is 8.54. The lowest BCUT2D eigenvalue weighted by atomic mass is 10.2. The van der Waals surface area contributed by atoms with Crippen LogP contribution < -0.4 is 5.32 Å². The van der Waals surface area contributed by atoms with Crippen LogP contribution in [-0.4, -0.2) is 26.5 Å². The summed E-state index contributed by atoms with van der Waals surface area (Å²) in [7, 11) is 3.25. The maximum atomic E-state index is 12.9. The molecule has 1 heterocycles. The predicted octanol–water partition coefficient (Wildman–Crippen LogP) is 4.45. The first-order valence-electron chi connectivity index (χ1n) is 6.53. The highest BCUT2D eigenvalue weighted by molar-refractivity contribution is 7.17. The van der Waals surface area contributed by atoms with Crippen LogP contribution in [0, 0.1) is 5.82 Å². The Labute approximate surface area is 128 Å². The second-order valence-electron chi connectivity index (χ2n) is 4.72. The van der Waals surface area contributed by atoms with E-state index in [0.717, 1.165) is 22.4 Å². The van der Waals surface area contributed by atoms with Crippen molar-refractivity contribution in [2.24, 2.45) is 0 Å². The van der Waals surface area contributed by atoms with Crippen molar-refractivity contribution in [3.63, 3.8) is 0 Å². The first-order chi connectivity index (χ1) is 10.0. The zero-order valence-electron chi connectivity index (χ0n) is 12.6. The number of hydrogen-bond donors (Lipinski definition) is 1. The van der Waals surface area contributed by atoms with Gasteiger partial charge in [0.25, 0.3) is 0 Å². The van der Waals surface area contributed by atoms with Gasteiger partial charge in [0.1, 0.15) is 5.82 Å². The first kappa shape index (κ1) is 17.3. The summed E-state index contributed by atoms with van der Waals surface area (Å²) in [6, 6.07) is 8.47. The molecular weight excluding hydrogens is 289 g/mol. The summed E-state index contributed by atoms with van der Waals surface area (Å²) < 4.78 is 17.1. The number of benzene rings is 1. The van der Waals surface area contributed by atoms with Crippen molar-refractivity contribution in [1.29, 1.82) is 0 Å². The van der Waals surface area contributed by atoms with Gasteiger partial charge in [-0.3, -0.25) is 4.79 Å². The largest absolute Gasteiger partial charge is 0.388 e. The Kier molecular flexibility index (Phi) is 7.05. The van der Waals surface area contributed by atoms with Crippen LogP contribution in [0.4, 0.5) is 10.1 Å². The Balaban J connectivity index is 0.000000677. The Morgan fingerprint density at radius 1 is 1.24 bits per heavy atom. The van der Waals surface area contributed by atoms with Gasteiger partial charge < -0.3 is 10.1 Å². The number of carbonyl (C=O) groups excluding carboxylic acids is 1. The Bertz CT molecular complexity index is 564. The summed E-state index contributed by atoms with van der Waals surface area (Å²) in [6.45, 7) is 4.04. The molecule has 0 aliphatic carbocycles. The summed E-state index contributed by atoms with van der Waals surface area (Å²) in [5, 5.41) is 3.23. The highest BCUT2D eigenvalue weighted by Crippen LogP contribution is 2.34. The maximum absolute atomic E-state index is 12.9. The van der Waals surface area contributed by atoms with E-state index in [1.807, 2.05) is 19.9 Å². The Morgan fingerprint density at radius 3 is 2.29 bits per heavy atom. The van der Waals surface area contributed by atoms with Gasteiger partial charge in [-0.05, 0) is 37.6 Å². The number of methoxy groups -OCH3 is 1. The highest BCUT2D eigenvalue weighted by atomic mass is 32.1. The standard InChI is InChI=1S/C14H14FNOS.C2H6O/c1-9(2)16-12-7-13(18-14(12)8-17)10-3-5-11(15)6-4-10;1-3-2/h3-9,16H,1-2H3;1-2H3. The van der Waals surface area contributed by atoms with Gasteiger partial charge in [0.05, 0.1) is 10.6 Å². The van der Waals surface area contributed by atoms with Crippen LogP contribution in [0.15, 0.2) is 30.3 Å². The number of ether oxygens (including phenoxy) is 1. The van der Waals surface area contributed by atoms with Gasteiger partial charge >= 0.3 is 0 Å². The third-order valence-corrected chi connectivity index (χ3v) is 3.55. The Morgan fingerprint density at radius 2 is 1.81 bits per heavy atom. The van der Waals surface area contributed by atoms with Crippen molar-refractivity contribution in [3.8, 4) is 10.4 Å². The van der Waals surface area contributed by atoms with E-state index in [1.54, 1.807) is 26.4 Å². The van der Waals surface area contributed by atoms with Gasteiger partial charge in [0, 0.05) is 25.1 Å². The van der Waals surface area contributed by atoms with Crippen molar-refractivity contribution in [3.05, 3.63) is 41.0 Å². The van der Waals surface area contributed by atoms with Crippen molar-refractivity contribution < 1.29 is 13.9 Å². The van der Waals surface area contributed by atoms with Crippen LogP contribution in [0.25, 0.3) is 10.4 Å². The molecule has 114 valence electrons. The topological polar surface area (TPSA) is 38.3 Å². The van der Waals surface area contributed by atoms with Gasteiger partial charge in [-0.15, -0.1) is 11.3 Å². The van der Waals surface area contributed by atoms with Crippen molar-refractivity contribution in [2.45, 2.75) is 19.9 Å². The average Bonchev–Trinajstić information content (AvgIpc) is 2.82. The second-order valence-corrected chi connectivity index (χ2v) is 5.80. The van der Waals surface area contributed by atoms with Crippen molar-refractivity contribution >= 4 is 23.3 Å². The molecule has 2 aromatic rings. The number of rotatable bonds is 4. The molecule has 0 fully saturated rings. The summed E-state index contributed by atoms with van der Waals surface area (Å²) in [5.41, 5.74) is 1.76. The summed E-state index contributed by atoms with van der Waals surface area (Å²) in [4.78, 5) is 12.6. The van der Waals surface area contributed by atoms with E-state index in [-0.39, 0.29) is 11.9 Å². The minimum Gasteiger partial charge on any atom is -0.388 e. The molecule has 0 unspecified atom stereocenters. The van der Waals surface area contributed by atoms with E-state index >= 15 is 0 Å². The average molecular weight is 309 g/mol. The molecule has 5 heteroatoms. The molecule has 0 radical (unpaired) electrons. The molecule has 0 saturated heterocycles. The molecule has 0 amide bonds. The van der Waals surface area contributed by atoms with Crippen LogP contribution >= 0.6 is 11.3 Å². The third-order valence-electron chi connectivity index (χ3n) is 2.44. The zero-order valence-corrected chi connectivity index (χ0v) is 13.5. The fraction of sp³-hybridized carbons (Fsp3) is 0.312. The summed E-state index contributed by atoms with van der Waals surface area (Å²) >= 11 is 1.41. The molecule has 0 spiro atoms. The summed E-state index contributed by atoms with van der Waals surface area (Å²) in [5.74, 6) is -0.258. The molecule has 1 aromatic heterocycles. The number of aldehydes is 1.